The Morgan fingerprint density at radius 3 is 2.25 bits per heavy atom. The molecule has 0 aromatic heterocycles. The van der Waals surface area contributed by atoms with Crippen LogP contribution in [0.3, 0.4) is 0 Å². The summed E-state index contributed by atoms with van der Waals surface area (Å²) in [6.07, 6.45) is 2.46. The third kappa shape index (κ3) is 1.24. The van der Waals surface area contributed by atoms with Gasteiger partial charge in [-0.3, -0.25) is 0 Å². The predicted octanol–water partition coefficient (Wildman–Crippen LogP) is 1.19. The van der Waals surface area contributed by atoms with E-state index < -0.39 is 0 Å². The molecule has 0 aromatic rings. The molecule has 1 heterocycles. The SMILES string of the molecule is C=C(C)N1C[C@H]2CC(N)C[C@H]2C1. The second kappa shape index (κ2) is 2.77. The average Bonchev–Trinajstić information content (AvgIpc) is 2.42. The molecule has 12 heavy (non-hydrogen) atoms. The molecule has 2 rings (SSSR count). The Hall–Kier alpha value is -0.500. The Morgan fingerprint density at radius 1 is 1.33 bits per heavy atom. The van der Waals surface area contributed by atoms with Crippen molar-refractivity contribution in [3.63, 3.8) is 0 Å². The lowest BCUT2D eigenvalue weighted by molar-refractivity contribution is 0.382. The third-order valence-corrected chi connectivity index (χ3v) is 3.33. The van der Waals surface area contributed by atoms with Crippen molar-refractivity contribution in [2.45, 2.75) is 25.8 Å². The molecule has 2 heteroatoms. The predicted molar refractivity (Wildman–Crippen MR) is 50.6 cm³/mol. The average molecular weight is 166 g/mol. The fraction of sp³-hybridized carbons (Fsp3) is 0.800. The van der Waals surface area contributed by atoms with E-state index in [-0.39, 0.29) is 0 Å². The monoisotopic (exact) mass is 166 g/mol. The highest BCUT2D eigenvalue weighted by Gasteiger charge is 2.39. The molecule has 68 valence electrons. The number of likely N-dealkylation sites (tertiary alicyclic amines) is 1. The van der Waals surface area contributed by atoms with Gasteiger partial charge in [0.2, 0.25) is 0 Å². The lowest BCUT2D eigenvalue weighted by atomic mass is 10.0. The van der Waals surface area contributed by atoms with Crippen molar-refractivity contribution in [1.29, 1.82) is 0 Å². The molecule has 3 atom stereocenters. The smallest absolute Gasteiger partial charge is 0.0207 e. The van der Waals surface area contributed by atoms with Crippen molar-refractivity contribution in [3.05, 3.63) is 12.3 Å². The molecule has 2 N–H and O–H groups in total. The zero-order chi connectivity index (χ0) is 8.72. The fourth-order valence-corrected chi connectivity index (χ4v) is 2.66. The molecule has 2 aliphatic rings. The van der Waals surface area contributed by atoms with Gasteiger partial charge in [0.25, 0.3) is 0 Å². The number of nitrogens with zero attached hydrogens (tertiary/aromatic N) is 1. The highest BCUT2D eigenvalue weighted by Crippen LogP contribution is 2.38. The van der Waals surface area contributed by atoms with Crippen LogP contribution in [0.2, 0.25) is 0 Å². The Bertz CT molecular complexity index is 186. The number of hydrogen-bond acceptors (Lipinski definition) is 2. The number of allylic oxidation sites excluding steroid dienone is 1. The molecule has 2 fully saturated rings. The van der Waals surface area contributed by atoms with Crippen LogP contribution in [-0.2, 0) is 0 Å². The van der Waals surface area contributed by atoms with Gasteiger partial charge < -0.3 is 10.6 Å². The van der Waals surface area contributed by atoms with Crippen LogP contribution >= 0.6 is 0 Å². The van der Waals surface area contributed by atoms with Crippen LogP contribution in [0, 0.1) is 11.8 Å². The van der Waals surface area contributed by atoms with Gasteiger partial charge in [-0.15, -0.1) is 0 Å². The van der Waals surface area contributed by atoms with Gasteiger partial charge in [0, 0.05) is 24.8 Å². The van der Waals surface area contributed by atoms with Crippen LogP contribution in [0.4, 0.5) is 0 Å². The first-order valence-corrected chi connectivity index (χ1v) is 4.83. The molecule has 1 saturated heterocycles. The Labute approximate surface area is 74.4 Å². The topological polar surface area (TPSA) is 29.3 Å². The third-order valence-electron chi connectivity index (χ3n) is 3.33. The maximum Gasteiger partial charge on any atom is 0.0207 e. The number of nitrogens with two attached hydrogens (primary N) is 1. The Balaban J connectivity index is 1.98. The first-order valence-electron chi connectivity index (χ1n) is 4.83. The minimum atomic E-state index is 0.479. The second-order valence-corrected chi connectivity index (χ2v) is 4.39. The van der Waals surface area contributed by atoms with Crippen molar-refractivity contribution < 1.29 is 0 Å². The molecule has 0 aromatic carbocycles. The lowest BCUT2D eigenvalue weighted by Gasteiger charge is -2.19. The van der Waals surface area contributed by atoms with Gasteiger partial charge in [-0.05, 0) is 31.6 Å². The van der Waals surface area contributed by atoms with E-state index in [0.717, 1.165) is 11.8 Å². The molecule has 2 nitrogen and oxygen atoms in total. The van der Waals surface area contributed by atoms with Crippen LogP contribution in [0.25, 0.3) is 0 Å². The van der Waals surface area contributed by atoms with E-state index in [1.165, 1.54) is 31.6 Å². The molecule has 1 aliphatic carbocycles. The van der Waals surface area contributed by atoms with Gasteiger partial charge in [0.05, 0.1) is 0 Å². The van der Waals surface area contributed by atoms with Crippen molar-refractivity contribution in [2.75, 3.05) is 13.1 Å². The van der Waals surface area contributed by atoms with E-state index in [0.29, 0.717) is 6.04 Å². The first-order chi connectivity index (χ1) is 5.66. The minimum Gasteiger partial charge on any atom is -0.375 e. The molecule has 1 saturated carbocycles. The first kappa shape index (κ1) is 8.11. The van der Waals surface area contributed by atoms with Gasteiger partial charge in [-0.2, -0.15) is 0 Å². The number of fused-ring (bicyclic) bond motifs is 1. The van der Waals surface area contributed by atoms with Crippen molar-refractivity contribution >= 4 is 0 Å². The van der Waals surface area contributed by atoms with Crippen molar-refractivity contribution in [3.8, 4) is 0 Å². The summed E-state index contributed by atoms with van der Waals surface area (Å²) >= 11 is 0. The summed E-state index contributed by atoms with van der Waals surface area (Å²) in [4.78, 5) is 2.40. The van der Waals surface area contributed by atoms with Gasteiger partial charge in [-0.1, -0.05) is 6.58 Å². The zero-order valence-electron chi connectivity index (χ0n) is 7.79. The minimum absolute atomic E-state index is 0.479. The molecule has 0 bridgehead atoms. The Morgan fingerprint density at radius 2 is 1.83 bits per heavy atom. The summed E-state index contributed by atoms with van der Waals surface area (Å²) in [6, 6.07) is 0.479. The lowest BCUT2D eigenvalue weighted by Crippen LogP contribution is -2.23. The summed E-state index contributed by atoms with van der Waals surface area (Å²) in [7, 11) is 0. The highest BCUT2D eigenvalue weighted by molar-refractivity contribution is 5.01. The second-order valence-electron chi connectivity index (χ2n) is 4.39. The largest absolute Gasteiger partial charge is 0.375 e. The molecule has 1 aliphatic heterocycles. The maximum absolute atomic E-state index is 5.91. The van der Waals surface area contributed by atoms with E-state index in [4.69, 9.17) is 5.73 Å². The van der Waals surface area contributed by atoms with Gasteiger partial charge >= 0.3 is 0 Å². The summed E-state index contributed by atoms with van der Waals surface area (Å²) in [5.74, 6) is 1.72. The Kier molecular flexibility index (Phi) is 1.87. The van der Waals surface area contributed by atoms with Crippen LogP contribution in [0.15, 0.2) is 12.3 Å². The molecule has 0 spiro atoms. The van der Waals surface area contributed by atoms with Crippen LogP contribution < -0.4 is 5.73 Å². The standard InChI is InChI=1S/C10H18N2/c1-7(2)12-5-8-3-10(11)4-9(8)6-12/h8-10H,1,3-6,11H2,2H3/t8-,9+,10?. The van der Waals surface area contributed by atoms with E-state index in [2.05, 4.69) is 18.4 Å². The van der Waals surface area contributed by atoms with Crippen LogP contribution in [0.5, 0.6) is 0 Å². The van der Waals surface area contributed by atoms with Crippen LogP contribution in [-0.4, -0.2) is 24.0 Å². The van der Waals surface area contributed by atoms with Gasteiger partial charge in [-0.25, -0.2) is 0 Å². The quantitative estimate of drug-likeness (QED) is 0.634. The number of hydrogen-bond donors (Lipinski definition) is 1. The van der Waals surface area contributed by atoms with E-state index in [1.54, 1.807) is 0 Å². The van der Waals surface area contributed by atoms with Gasteiger partial charge in [0.15, 0.2) is 0 Å². The summed E-state index contributed by atoms with van der Waals surface area (Å²) in [6.45, 7) is 8.48. The van der Waals surface area contributed by atoms with E-state index in [9.17, 15) is 0 Å². The fourth-order valence-electron chi connectivity index (χ4n) is 2.66. The van der Waals surface area contributed by atoms with Crippen molar-refractivity contribution in [1.82, 2.24) is 4.90 Å². The maximum atomic E-state index is 5.91. The molecule has 1 unspecified atom stereocenters. The summed E-state index contributed by atoms with van der Waals surface area (Å²) in [5.41, 5.74) is 7.13. The molecule has 0 amide bonds. The summed E-state index contributed by atoms with van der Waals surface area (Å²) < 4.78 is 0. The summed E-state index contributed by atoms with van der Waals surface area (Å²) in [5, 5.41) is 0. The van der Waals surface area contributed by atoms with E-state index >= 15 is 0 Å². The number of rotatable bonds is 1. The zero-order valence-corrected chi connectivity index (χ0v) is 7.79. The molecular weight excluding hydrogens is 148 g/mol. The van der Waals surface area contributed by atoms with Crippen LogP contribution in [0.1, 0.15) is 19.8 Å². The normalized spacial score (nSPS) is 40.2. The molecule has 0 radical (unpaired) electrons. The van der Waals surface area contributed by atoms with Gasteiger partial charge in [0.1, 0.15) is 0 Å². The highest BCUT2D eigenvalue weighted by atomic mass is 15.2. The molecular formula is C10H18N2. The van der Waals surface area contributed by atoms with E-state index in [1.807, 2.05) is 0 Å². The van der Waals surface area contributed by atoms with Crippen molar-refractivity contribution in [2.24, 2.45) is 17.6 Å².